The number of carbonyl (C=O) groups excluding carboxylic acids is 3. The van der Waals surface area contributed by atoms with Gasteiger partial charge in [-0.25, -0.2) is 0 Å². The number of primary amides is 1. The molecule has 0 aromatic heterocycles. The minimum absolute atomic E-state index is 0.0145. The number of nitrogens with zero attached hydrogens (tertiary/aromatic N) is 1. The van der Waals surface area contributed by atoms with E-state index in [0.717, 1.165) is 0 Å². The van der Waals surface area contributed by atoms with Crippen molar-refractivity contribution in [3.8, 4) is 5.75 Å². The van der Waals surface area contributed by atoms with E-state index in [-0.39, 0.29) is 34.8 Å². The van der Waals surface area contributed by atoms with Gasteiger partial charge in [-0.3, -0.25) is 28.4 Å². The van der Waals surface area contributed by atoms with E-state index in [4.69, 9.17) is 34.9 Å². The van der Waals surface area contributed by atoms with Gasteiger partial charge in [0.25, 0.3) is 5.91 Å². The number of likely N-dealkylation sites (N-methyl/N-ethyl adjacent to an activating group) is 1. The fourth-order valence-electron chi connectivity index (χ4n) is 5.23. The van der Waals surface area contributed by atoms with Gasteiger partial charge in [-0.05, 0) is 50.6 Å². The first-order chi connectivity index (χ1) is 16.4. The summed E-state index contributed by atoms with van der Waals surface area (Å²) in [5, 5.41) is 43.5. The maximum Gasteiger partial charge on any atom is 0.394 e. The number of phenolic OH excluding ortho intramolecular Hbond substituents is 1. The molecule has 1 saturated carbocycles. The lowest BCUT2D eigenvalue weighted by atomic mass is 9.57. The van der Waals surface area contributed by atoms with Crippen LogP contribution < -0.4 is 5.73 Å². The van der Waals surface area contributed by atoms with E-state index < -0.39 is 68.4 Å². The van der Waals surface area contributed by atoms with Crippen LogP contribution in [0.2, 0.25) is 5.02 Å². The molecule has 13 nitrogen and oxygen atoms in total. The standard InChI is InChI=1S/C21H21ClN2O7.H2O4S/c1-24(2)15-10-5-8-3-7-4-9(22)6-11(25)12(7)16(26)13(8)18(28)21(10,31)19(29)14(17(15)27)20(23)30;1-5(2,3)4/h4,6,8,10,15,25-26,29,31H,3,5H2,1-2H3,(H2,23,30);(H2,1,2,3,4). The summed E-state index contributed by atoms with van der Waals surface area (Å²) < 4.78 is 31.6. The third-order valence-corrected chi connectivity index (χ3v) is 6.71. The second kappa shape index (κ2) is 9.14. The van der Waals surface area contributed by atoms with Crippen molar-refractivity contribution in [2.75, 3.05) is 14.1 Å². The van der Waals surface area contributed by atoms with Gasteiger partial charge in [0.1, 0.15) is 22.8 Å². The van der Waals surface area contributed by atoms with Crippen molar-refractivity contribution in [3.63, 3.8) is 0 Å². The molecule has 0 aliphatic heterocycles. The Hall–Kier alpha value is -3.01. The Bertz CT molecular complexity index is 1340. The lowest BCUT2D eigenvalue weighted by molar-refractivity contribution is -0.153. The van der Waals surface area contributed by atoms with Crippen LogP contribution in [0.4, 0.5) is 0 Å². The average Bonchev–Trinajstić information content (AvgIpc) is 2.68. The molecule has 196 valence electrons. The molecule has 1 aromatic carbocycles. The summed E-state index contributed by atoms with van der Waals surface area (Å²) in [6.07, 6.45) is 0.252. The lowest BCUT2D eigenvalue weighted by Gasteiger charge is -2.50. The smallest absolute Gasteiger partial charge is 0.394 e. The highest BCUT2D eigenvalue weighted by Crippen LogP contribution is 2.52. The molecule has 1 fully saturated rings. The molecule has 3 aliphatic carbocycles. The first-order valence-corrected chi connectivity index (χ1v) is 12.0. The predicted molar refractivity (Wildman–Crippen MR) is 123 cm³/mol. The monoisotopic (exact) mass is 546 g/mol. The molecule has 4 atom stereocenters. The number of carbonyl (C=O) groups is 3. The summed E-state index contributed by atoms with van der Waals surface area (Å²) in [5.41, 5.74) is 2.13. The molecule has 4 unspecified atom stereocenters. The molecule has 0 heterocycles. The molecule has 36 heavy (non-hydrogen) atoms. The van der Waals surface area contributed by atoms with E-state index in [1.165, 1.54) is 11.0 Å². The van der Waals surface area contributed by atoms with Crippen LogP contribution in [0, 0.1) is 11.8 Å². The van der Waals surface area contributed by atoms with Crippen LogP contribution in [0.15, 0.2) is 29.0 Å². The maximum atomic E-state index is 13.5. The van der Waals surface area contributed by atoms with Crippen LogP contribution >= 0.6 is 11.6 Å². The van der Waals surface area contributed by atoms with Gasteiger partial charge in [-0.2, -0.15) is 8.42 Å². The minimum Gasteiger partial charge on any atom is -0.508 e. The molecule has 1 amide bonds. The number of amides is 1. The zero-order valence-electron chi connectivity index (χ0n) is 18.8. The Kier molecular flexibility index (Phi) is 7.00. The van der Waals surface area contributed by atoms with Crippen molar-refractivity contribution in [3.05, 3.63) is 45.2 Å². The molecule has 0 saturated heterocycles. The van der Waals surface area contributed by atoms with Crippen LogP contribution in [-0.4, -0.2) is 86.1 Å². The zero-order valence-corrected chi connectivity index (χ0v) is 20.4. The van der Waals surface area contributed by atoms with Crippen molar-refractivity contribution in [2.45, 2.75) is 24.5 Å². The molecule has 15 heteroatoms. The molecular formula is C21H23ClN2O11S. The van der Waals surface area contributed by atoms with Gasteiger partial charge in [0, 0.05) is 16.5 Å². The van der Waals surface area contributed by atoms with Crippen LogP contribution in [-0.2, 0) is 31.2 Å². The highest BCUT2D eigenvalue weighted by atomic mass is 35.5. The lowest BCUT2D eigenvalue weighted by Crippen LogP contribution is -2.65. The van der Waals surface area contributed by atoms with Gasteiger partial charge < -0.3 is 26.2 Å². The number of fused-ring (bicyclic) bond motifs is 3. The van der Waals surface area contributed by atoms with Crippen LogP contribution in [0.1, 0.15) is 17.5 Å². The minimum atomic E-state index is -4.67. The number of aliphatic hydroxyl groups is 3. The summed E-state index contributed by atoms with van der Waals surface area (Å²) in [5.74, 6) is -6.78. The molecular weight excluding hydrogens is 524 g/mol. The average molecular weight is 547 g/mol. The number of ketones is 2. The molecule has 0 radical (unpaired) electrons. The van der Waals surface area contributed by atoms with Gasteiger partial charge in [0.15, 0.2) is 11.4 Å². The molecule has 8 N–H and O–H groups in total. The van der Waals surface area contributed by atoms with Crippen molar-refractivity contribution >= 4 is 45.2 Å². The zero-order chi connectivity index (χ0) is 27.5. The maximum absolute atomic E-state index is 13.5. The van der Waals surface area contributed by atoms with Gasteiger partial charge >= 0.3 is 10.4 Å². The van der Waals surface area contributed by atoms with Crippen LogP contribution in [0.25, 0.3) is 5.76 Å². The van der Waals surface area contributed by atoms with E-state index in [2.05, 4.69) is 0 Å². The van der Waals surface area contributed by atoms with E-state index in [1.54, 1.807) is 20.2 Å². The third-order valence-electron chi connectivity index (χ3n) is 6.49. The fraction of sp³-hybridized carbons (Fsp3) is 0.381. The number of phenols is 1. The van der Waals surface area contributed by atoms with E-state index in [9.17, 15) is 34.8 Å². The predicted octanol–water partition coefficient (Wildman–Crippen LogP) is -0.0354. The number of benzene rings is 1. The summed E-state index contributed by atoms with van der Waals surface area (Å²) >= 11 is 6.02. The topological polar surface area (TPSA) is 236 Å². The number of aromatic hydroxyl groups is 1. The summed E-state index contributed by atoms with van der Waals surface area (Å²) in [6.45, 7) is 0. The summed E-state index contributed by atoms with van der Waals surface area (Å²) in [6, 6.07) is 1.67. The van der Waals surface area contributed by atoms with Crippen molar-refractivity contribution < 1.29 is 52.3 Å². The Morgan fingerprint density at radius 1 is 1.17 bits per heavy atom. The van der Waals surface area contributed by atoms with E-state index >= 15 is 0 Å². The number of Topliss-reactive ketones (excluding diaryl/α,β-unsaturated/α-hetero) is 2. The quantitative estimate of drug-likeness (QED) is 0.191. The van der Waals surface area contributed by atoms with Gasteiger partial charge in [-0.15, -0.1) is 0 Å². The fourth-order valence-corrected chi connectivity index (χ4v) is 5.47. The number of aliphatic hydroxyl groups excluding tert-OH is 2. The molecule has 1 aromatic rings. The molecule has 0 bridgehead atoms. The first kappa shape index (κ1) is 27.6. The Balaban J connectivity index is 0.000000658. The Morgan fingerprint density at radius 2 is 1.72 bits per heavy atom. The van der Waals surface area contributed by atoms with Crippen molar-refractivity contribution in [1.29, 1.82) is 0 Å². The molecule has 4 rings (SSSR count). The SMILES string of the molecule is CN(C)C1C(=O)C(C(N)=O)=C(O)C2(O)C(=O)C3=C(O)c4c(O)cc(Cl)cc4CC3CC12.O=S(=O)(O)O. The van der Waals surface area contributed by atoms with Crippen LogP contribution in [0.3, 0.4) is 0 Å². The number of halogens is 1. The normalized spacial score (nSPS) is 27.7. The summed E-state index contributed by atoms with van der Waals surface area (Å²) in [7, 11) is -1.57. The van der Waals surface area contributed by atoms with Crippen molar-refractivity contribution in [1.82, 2.24) is 4.90 Å². The van der Waals surface area contributed by atoms with Crippen LogP contribution in [0.5, 0.6) is 5.75 Å². The van der Waals surface area contributed by atoms with E-state index in [0.29, 0.717) is 5.56 Å². The van der Waals surface area contributed by atoms with E-state index in [1.807, 2.05) is 0 Å². The molecule has 0 spiro atoms. The number of rotatable bonds is 2. The number of hydrogen-bond donors (Lipinski definition) is 7. The number of nitrogens with two attached hydrogens (primary N) is 1. The molecule has 3 aliphatic rings. The second-order valence-corrected chi connectivity index (χ2v) is 10.2. The van der Waals surface area contributed by atoms with Gasteiger partial charge in [0.05, 0.1) is 11.6 Å². The largest absolute Gasteiger partial charge is 0.508 e. The summed E-state index contributed by atoms with van der Waals surface area (Å²) in [4.78, 5) is 39.8. The highest BCUT2D eigenvalue weighted by molar-refractivity contribution is 7.79. The van der Waals surface area contributed by atoms with Gasteiger partial charge in [-0.1, -0.05) is 11.6 Å². The highest BCUT2D eigenvalue weighted by Gasteiger charge is 2.64. The second-order valence-electron chi connectivity index (χ2n) is 8.87. The third kappa shape index (κ3) is 4.47. The number of hydrogen-bond acceptors (Lipinski definition) is 10. The Morgan fingerprint density at radius 3 is 2.22 bits per heavy atom. The Labute approximate surface area is 209 Å². The van der Waals surface area contributed by atoms with Gasteiger partial charge in [0.2, 0.25) is 5.78 Å². The first-order valence-electron chi connectivity index (χ1n) is 10.3. The van der Waals surface area contributed by atoms with Crippen molar-refractivity contribution in [2.24, 2.45) is 17.6 Å².